The number of amides is 2. The minimum Gasteiger partial charge on any atom is -0.350 e. The molecule has 2 aromatic carbocycles. The molecule has 0 aliphatic carbocycles. The Bertz CT molecular complexity index is 704. The van der Waals surface area contributed by atoms with Gasteiger partial charge in [-0.1, -0.05) is 50.2 Å². The molecule has 0 aliphatic heterocycles. The topological polar surface area (TPSA) is 49.4 Å². The highest BCUT2D eigenvalue weighted by Gasteiger charge is 2.18. The second kappa shape index (κ2) is 9.02. The van der Waals surface area contributed by atoms with Crippen LogP contribution in [0.25, 0.3) is 0 Å². The molecule has 2 aromatic rings. The molecule has 1 N–H and O–H groups in total. The van der Waals surface area contributed by atoms with E-state index in [2.05, 4.69) is 31.3 Å². The zero-order chi connectivity index (χ0) is 18.2. The van der Waals surface area contributed by atoms with Crippen LogP contribution in [0.2, 0.25) is 0 Å². The van der Waals surface area contributed by atoms with E-state index in [-0.39, 0.29) is 11.8 Å². The Kier molecular flexibility index (Phi) is 6.75. The summed E-state index contributed by atoms with van der Waals surface area (Å²) in [5.41, 5.74) is 3.93. The summed E-state index contributed by atoms with van der Waals surface area (Å²) in [5.74, 6) is -0.131. The van der Waals surface area contributed by atoms with Gasteiger partial charge in [-0.25, -0.2) is 0 Å². The Hall–Kier alpha value is -2.62. The fourth-order valence-electron chi connectivity index (χ4n) is 2.96. The van der Waals surface area contributed by atoms with Crippen molar-refractivity contribution in [3.05, 3.63) is 65.2 Å². The Morgan fingerprint density at radius 2 is 1.52 bits per heavy atom. The van der Waals surface area contributed by atoms with Gasteiger partial charge in [-0.2, -0.15) is 0 Å². The first-order valence-corrected chi connectivity index (χ1v) is 8.80. The van der Waals surface area contributed by atoms with Crippen LogP contribution in [0.5, 0.6) is 0 Å². The highest BCUT2D eigenvalue weighted by Crippen LogP contribution is 2.27. The molecule has 0 heterocycles. The first kappa shape index (κ1) is 18.7. The van der Waals surface area contributed by atoms with Gasteiger partial charge >= 0.3 is 0 Å². The van der Waals surface area contributed by atoms with E-state index in [1.807, 2.05) is 24.3 Å². The number of hydrogen-bond acceptors (Lipinski definition) is 2. The van der Waals surface area contributed by atoms with E-state index in [9.17, 15) is 9.59 Å². The van der Waals surface area contributed by atoms with Crippen LogP contribution in [0.1, 0.15) is 42.3 Å². The summed E-state index contributed by atoms with van der Waals surface area (Å²) in [6, 6.07) is 15.3. The summed E-state index contributed by atoms with van der Waals surface area (Å²) in [4.78, 5) is 26.2. The monoisotopic (exact) mass is 338 g/mol. The molecule has 4 heteroatoms. The van der Waals surface area contributed by atoms with Crippen molar-refractivity contribution in [1.29, 1.82) is 0 Å². The molecule has 0 saturated heterocycles. The van der Waals surface area contributed by atoms with Gasteiger partial charge in [-0.05, 0) is 36.1 Å². The molecule has 0 unspecified atom stereocenters. The molecule has 0 fully saturated rings. The average molecular weight is 338 g/mol. The Morgan fingerprint density at radius 1 is 0.920 bits per heavy atom. The van der Waals surface area contributed by atoms with Crippen molar-refractivity contribution in [2.24, 2.45) is 0 Å². The third-order valence-electron chi connectivity index (χ3n) is 4.27. The van der Waals surface area contributed by atoms with Gasteiger partial charge in [0.2, 0.25) is 5.91 Å². The minimum atomic E-state index is -0.122. The Labute approximate surface area is 149 Å². The molecule has 0 atom stereocenters. The summed E-state index contributed by atoms with van der Waals surface area (Å²) in [6.45, 7) is 6.62. The fourth-order valence-corrected chi connectivity index (χ4v) is 2.96. The number of rotatable bonds is 7. The maximum Gasteiger partial charge on any atom is 0.251 e. The quantitative estimate of drug-likeness (QED) is 0.839. The third kappa shape index (κ3) is 4.69. The van der Waals surface area contributed by atoms with Crippen LogP contribution in [-0.4, -0.2) is 24.9 Å². The van der Waals surface area contributed by atoms with Crippen molar-refractivity contribution in [1.82, 2.24) is 5.32 Å². The van der Waals surface area contributed by atoms with Crippen LogP contribution < -0.4 is 10.2 Å². The first-order chi connectivity index (χ1) is 12.1. The van der Waals surface area contributed by atoms with Crippen LogP contribution in [-0.2, 0) is 17.6 Å². The van der Waals surface area contributed by atoms with Crippen molar-refractivity contribution in [3.63, 3.8) is 0 Å². The van der Waals surface area contributed by atoms with Crippen molar-refractivity contribution < 1.29 is 9.59 Å². The number of nitrogens with one attached hydrogen (secondary N) is 1. The lowest BCUT2D eigenvalue weighted by Gasteiger charge is -2.26. The number of nitrogens with zero attached hydrogens (tertiary/aromatic N) is 1. The van der Waals surface area contributed by atoms with Crippen LogP contribution in [0.4, 0.5) is 5.69 Å². The number of hydrogen-bond donors (Lipinski definition) is 1. The lowest BCUT2D eigenvalue weighted by Crippen LogP contribution is -2.38. The maximum absolute atomic E-state index is 12.2. The predicted octanol–water partition coefficient (Wildman–Crippen LogP) is 3.59. The SMILES string of the molecule is CCc1cccc(CC)c1N(CCNC(=O)c1ccccc1)C(C)=O. The van der Waals surface area contributed by atoms with Crippen molar-refractivity contribution in [2.75, 3.05) is 18.0 Å². The Balaban J connectivity index is 2.12. The largest absolute Gasteiger partial charge is 0.350 e. The van der Waals surface area contributed by atoms with E-state index in [4.69, 9.17) is 0 Å². The Morgan fingerprint density at radius 3 is 2.04 bits per heavy atom. The van der Waals surface area contributed by atoms with E-state index in [1.165, 1.54) is 0 Å². The highest BCUT2D eigenvalue weighted by molar-refractivity contribution is 5.95. The molecule has 0 bridgehead atoms. The van der Waals surface area contributed by atoms with Crippen molar-refractivity contribution in [3.8, 4) is 0 Å². The van der Waals surface area contributed by atoms with Gasteiger partial charge in [0.05, 0.1) is 5.69 Å². The number of carbonyl (C=O) groups is 2. The number of para-hydroxylation sites is 1. The summed E-state index contributed by atoms with van der Waals surface area (Å²) in [5, 5.41) is 2.90. The fraction of sp³-hybridized carbons (Fsp3) is 0.333. The highest BCUT2D eigenvalue weighted by atomic mass is 16.2. The van der Waals surface area contributed by atoms with Gasteiger partial charge in [-0.3, -0.25) is 9.59 Å². The number of anilines is 1. The number of aryl methyl sites for hydroxylation is 2. The second-order valence-electron chi connectivity index (χ2n) is 5.92. The van der Waals surface area contributed by atoms with Crippen molar-refractivity contribution >= 4 is 17.5 Å². The van der Waals surface area contributed by atoms with Crippen LogP contribution in [0.3, 0.4) is 0 Å². The molecule has 0 spiro atoms. The molecule has 132 valence electrons. The van der Waals surface area contributed by atoms with Gasteiger partial charge in [0, 0.05) is 25.6 Å². The summed E-state index contributed by atoms with van der Waals surface area (Å²) < 4.78 is 0. The molecule has 0 aliphatic rings. The molecular weight excluding hydrogens is 312 g/mol. The first-order valence-electron chi connectivity index (χ1n) is 8.80. The number of benzene rings is 2. The lowest BCUT2D eigenvalue weighted by atomic mass is 10.0. The van der Waals surface area contributed by atoms with Crippen LogP contribution >= 0.6 is 0 Å². The van der Waals surface area contributed by atoms with Gasteiger partial charge in [0.1, 0.15) is 0 Å². The summed E-state index contributed by atoms with van der Waals surface area (Å²) >= 11 is 0. The third-order valence-corrected chi connectivity index (χ3v) is 4.27. The van der Waals surface area contributed by atoms with Gasteiger partial charge in [0.25, 0.3) is 5.91 Å². The molecular formula is C21H26N2O2. The van der Waals surface area contributed by atoms with Crippen molar-refractivity contribution in [2.45, 2.75) is 33.6 Å². The van der Waals surface area contributed by atoms with Gasteiger partial charge in [-0.15, -0.1) is 0 Å². The number of carbonyl (C=O) groups excluding carboxylic acids is 2. The molecule has 2 amide bonds. The molecule has 0 aromatic heterocycles. The zero-order valence-corrected chi connectivity index (χ0v) is 15.2. The standard InChI is InChI=1S/C21H26N2O2/c1-4-17-12-9-13-18(5-2)20(17)23(16(3)24)15-14-22-21(25)19-10-7-6-8-11-19/h6-13H,4-5,14-15H2,1-3H3,(H,22,25). The zero-order valence-electron chi connectivity index (χ0n) is 15.2. The van der Waals surface area contributed by atoms with Gasteiger partial charge in [0.15, 0.2) is 0 Å². The predicted molar refractivity (Wildman–Crippen MR) is 102 cm³/mol. The minimum absolute atomic E-state index is 0.00967. The molecule has 0 radical (unpaired) electrons. The molecule has 4 nitrogen and oxygen atoms in total. The summed E-state index contributed by atoms with van der Waals surface area (Å²) in [7, 11) is 0. The molecule has 2 rings (SSSR count). The smallest absolute Gasteiger partial charge is 0.251 e. The van der Waals surface area contributed by atoms with E-state index >= 15 is 0 Å². The van der Waals surface area contributed by atoms with Gasteiger partial charge < -0.3 is 10.2 Å². The molecule has 25 heavy (non-hydrogen) atoms. The van der Waals surface area contributed by atoms with E-state index < -0.39 is 0 Å². The summed E-state index contributed by atoms with van der Waals surface area (Å²) in [6.07, 6.45) is 1.73. The average Bonchev–Trinajstić information content (AvgIpc) is 2.65. The van der Waals surface area contributed by atoms with E-state index in [0.29, 0.717) is 18.7 Å². The molecule has 0 saturated carbocycles. The lowest BCUT2D eigenvalue weighted by molar-refractivity contribution is -0.116. The normalized spacial score (nSPS) is 10.4. The maximum atomic E-state index is 12.2. The van der Waals surface area contributed by atoms with E-state index in [1.54, 1.807) is 24.0 Å². The van der Waals surface area contributed by atoms with E-state index in [0.717, 1.165) is 29.7 Å². The van der Waals surface area contributed by atoms with Crippen LogP contribution in [0, 0.1) is 0 Å². The van der Waals surface area contributed by atoms with Crippen LogP contribution in [0.15, 0.2) is 48.5 Å². The second-order valence-corrected chi connectivity index (χ2v) is 5.92.